The number of rotatable bonds is 3. The minimum Gasteiger partial charge on any atom is -0.497 e. The predicted octanol–water partition coefficient (Wildman–Crippen LogP) is 1.41. The van der Waals surface area contributed by atoms with Crippen molar-refractivity contribution in [3.8, 4) is 5.75 Å². The van der Waals surface area contributed by atoms with Gasteiger partial charge in [0.1, 0.15) is 10.6 Å². The van der Waals surface area contributed by atoms with Gasteiger partial charge in [-0.3, -0.25) is 0 Å². The van der Waals surface area contributed by atoms with Crippen LogP contribution in [0.25, 0.3) is 0 Å². The van der Waals surface area contributed by atoms with Crippen LogP contribution in [0.1, 0.15) is 10.4 Å². The van der Waals surface area contributed by atoms with Crippen LogP contribution in [-0.4, -0.2) is 28.6 Å². The number of carbonyl (C=O) groups is 1. The van der Waals surface area contributed by atoms with Gasteiger partial charge in [0.25, 0.3) is 9.05 Å². The fourth-order valence-electron chi connectivity index (χ4n) is 1.11. The number of benzene rings is 1. The lowest BCUT2D eigenvalue weighted by molar-refractivity contribution is 0.0596. The molecule has 0 fully saturated rings. The van der Waals surface area contributed by atoms with E-state index in [0.29, 0.717) is 0 Å². The van der Waals surface area contributed by atoms with Crippen molar-refractivity contribution in [2.24, 2.45) is 0 Å². The fourth-order valence-corrected chi connectivity index (χ4v) is 2.16. The van der Waals surface area contributed by atoms with Gasteiger partial charge in [-0.25, -0.2) is 13.2 Å². The van der Waals surface area contributed by atoms with E-state index in [1.807, 2.05) is 0 Å². The summed E-state index contributed by atoms with van der Waals surface area (Å²) in [5, 5.41) is 0. The molecule has 5 nitrogen and oxygen atoms in total. The van der Waals surface area contributed by atoms with Gasteiger partial charge in [-0.1, -0.05) is 0 Å². The topological polar surface area (TPSA) is 69.7 Å². The van der Waals surface area contributed by atoms with Crippen molar-refractivity contribution < 1.29 is 22.7 Å². The zero-order valence-corrected chi connectivity index (χ0v) is 10.1. The summed E-state index contributed by atoms with van der Waals surface area (Å²) in [6.07, 6.45) is 0. The van der Waals surface area contributed by atoms with Gasteiger partial charge in [0.05, 0.1) is 19.8 Å². The van der Waals surface area contributed by atoms with E-state index in [9.17, 15) is 13.2 Å². The lowest BCUT2D eigenvalue weighted by atomic mass is 10.2. The van der Waals surface area contributed by atoms with E-state index in [1.54, 1.807) is 0 Å². The Morgan fingerprint density at radius 1 is 1.31 bits per heavy atom. The van der Waals surface area contributed by atoms with Gasteiger partial charge in [-0.15, -0.1) is 0 Å². The van der Waals surface area contributed by atoms with Gasteiger partial charge in [-0.2, -0.15) is 0 Å². The van der Waals surface area contributed by atoms with Crippen molar-refractivity contribution in [2.75, 3.05) is 14.2 Å². The van der Waals surface area contributed by atoms with E-state index in [1.165, 1.54) is 19.2 Å². The summed E-state index contributed by atoms with van der Waals surface area (Å²) in [6.45, 7) is 0. The molecule has 88 valence electrons. The second-order valence-electron chi connectivity index (χ2n) is 2.79. The van der Waals surface area contributed by atoms with Gasteiger partial charge in [0.15, 0.2) is 0 Å². The van der Waals surface area contributed by atoms with E-state index in [-0.39, 0.29) is 16.2 Å². The summed E-state index contributed by atoms with van der Waals surface area (Å²) in [5.74, 6) is -0.492. The molecule has 0 aromatic heterocycles. The maximum absolute atomic E-state index is 11.3. The molecule has 0 radical (unpaired) electrons. The van der Waals surface area contributed by atoms with Crippen LogP contribution >= 0.6 is 10.7 Å². The summed E-state index contributed by atoms with van der Waals surface area (Å²) < 4.78 is 31.8. The van der Waals surface area contributed by atoms with E-state index in [2.05, 4.69) is 4.74 Å². The lowest BCUT2D eigenvalue weighted by Gasteiger charge is -2.07. The Balaban J connectivity index is 3.45. The van der Waals surface area contributed by atoms with Gasteiger partial charge in [0.2, 0.25) is 0 Å². The number of ether oxygens (including phenoxy) is 2. The number of hydrogen-bond acceptors (Lipinski definition) is 5. The third-order valence-electron chi connectivity index (χ3n) is 1.86. The monoisotopic (exact) mass is 264 g/mol. The Labute approximate surface area is 97.3 Å². The first kappa shape index (κ1) is 12.8. The highest BCUT2D eigenvalue weighted by Crippen LogP contribution is 2.25. The largest absolute Gasteiger partial charge is 0.497 e. The Kier molecular flexibility index (Phi) is 3.77. The molecule has 0 spiro atoms. The third kappa shape index (κ3) is 2.65. The van der Waals surface area contributed by atoms with Crippen LogP contribution in [-0.2, 0) is 13.8 Å². The summed E-state index contributed by atoms with van der Waals surface area (Å²) in [6, 6.07) is 3.88. The normalized spacial score (nSPS) is 10.9. The molecule has 0 aliphatic rings. The van der Waals surface area contributed by atoms with Crippen LogP contribution in [0.5, 0.6) is 5.75 Å². The zero-order valence-electron chi connectivity index (χ0n) is 8.56. The Bertz CT molecular complexity index is 509. The predicted molar refractivity (Wildman–Crippen MR) is 57.4 cm³/mol. The Morgan fingerprint density at radius 3 is 2.38 bits per heavy atom. The minimum absolute atomic E-state index is 0.127. The van der Waals surface area contributed by atoms with Gasteiger partial charge in [-0.05, 0) is 12.1 Å². The first-order valence-electron chi connectivity index (χ1n) is 4.11. The fraction of sp³-hybridized carbons (Fsp3) is 0.222. The number of hydrogen-bond donors (Lipinski definition) is 0. The second-order valence-corrected chi connectivity index (χ2v) is 5.33. The highest BCUT2D eigenvalue weighted by Gasteiger charge is 2.21. The van der Waals surface area contributed by atoms with Crippen LogP contribution in [0, 0.1) is 0 Å². The Morgan fingerprint density at radius 2 is 1.94 bits per heavy atom. The molecular weight excluding hydrogens is 256 g/mol. The van der Waals surface area contributed by atoms with Crippen molar-refractivity contribution in [2.45, 2.75) is 4.90 Å². The van der Waals surface area contributed by atoms with Crippen molar-refractivity contribution in [1.82, 2.24) is 0 Å². The average Bonchev–Trinajstić information content (AvgIpc) is 2.26. The first-order valence-corrected chi connectivity index (χ1v) is 6.42. The molecule has 0 heterocycles. The minimum atomic E-state index is -4.03. The molecule has 0 unspecified atom stereocenters. The summed E-state index contributed by atoms with van der Waals surface area (Å²) >= 11 is 0. The van der Waals surface area contributed by atoms with Crippen LogP contribution in [0.3, 0.4) is 0 Å². The van der Waals surface area contributed by atoms with Crippen molar-refractivity contribution >= 4 is 25.7 Å². The quantitative estimate of drug-likeness (QED) is 0.610. The standard InChI is InChI=1S/C9H9ClO5S/c1-14-6-3-4-7(9(11)15-2)8(5-6)16(10,12)13/h3-5H,1-2H3. The van der Waals surface area contributed by atoms with Crippen LogP contribution < -0.4 is 4.74 Å². The molecule has 0 aliphatic heterocycles. The molecule has 0 N–H and O–H groups in total. The summed E-state index contributed by atoms with van der Waals surface area (Å²) in [7, 11) is 3.70. The van der Waals surface area contributed by atoms with Crippen LogP contribution in [0.15, 0.2) is 23.1 Å². The molecular formula is C9H9ClO5S. The summed E-state index contributed by atoms with van der Waals surface area (Å²) in [5.41, 5.74) is -0.127. The highest BCUT2D eigenvalue weighted by atomic mass is 35.7. The first-order chi connectivity index (χ1) is 7.40. The van der Waals surface area contributed by atoms with E-state index in [4.69, 9.17) is 15.4 Å². The highest BCUT2D eigenvalue weighted by molar-refractivity contribution is 8.13. The molecule has 0 atom stereocenters. The van der Waals surface area contributed by atoms with Crippen molar-refractivity contribution in [3.63, 3.8) is 0 Å². The molecule has 1 aromatic rings. The molecule has 0 aliphatic carbocycles. The number of carbonyl (C=O) groups excluding carboxylic acids is 1. The summed E-state index contributed by atoms with van der Waals surface area (Å²) in [4.78, 5) is 11.0. The van der Waals surface area contributed by atoms with Crippen molar-refractivity contribution in [3.05, 3.63) is 23.8 Å². The molecule has 0 saturated heterocycles. The maximum Gasteiger partial charge on any atom is 0.339 e. The van der Waals surface area contributed by atoms with Crippen molar-refractivity contribution in [1.29, 1.82) is 0 Å². The molecule has 0 amide bonds. The smallest absolute Gasteiger partial charge is 0.339 e. The number of methoxy groups -OCH3 is 2. The molecule has 7 heteroatoms. The SMILES string of the molecule is COC(=O)c1ccc(OC)cc1S(=O)(=O)Cl. The maximum atomic E-state index is 11.3. The number of halogens is 1. The van der Waals surface area contributed by atoms with Crippen LogP contribution in [0.4, 0.5) is 0 Å². The third-order valence-corrected chi connectivity index (χ3v) is 3.22. The molecule has 0 bridgehead atoms. The molecule has 1 rings (SSSR count). The lowest BCUT2D eigenvalue weighted by Crippen LogP contribution is -2.07. The van der Waals surface area contributed by atoms with E-state index in [0.717, 1.165) is 13.2 Å². The average molecular weight is 265 g/mol. The molecule has 1 aromatic carbocycles. The zero-order chi connectivity index (χ0) is 12.3. The van der Waals surface area contributed by atoms with Crippen LogP contribution in [0.2, 0.25) is 0 Å². The van der Waals surface area contributed by atoms with Gasteiger partial charge >= 0.3 is 5.97 Å². The van der Waals surface area contributed by atoms with E-state index < -0.39 is 15.0 Å². The van der Waals surface area contributed by atoms with E-state index >= 15 is 0 Å². The Hall–Kier alpha value is -1.27. The van der Waals surface area contributed by atoms with Gasteiger partial charge in [0, 0.05) is 16.7 Å². The number of esters is 1. The molecule has 0 saturated carbocycles. The second kappa shape index (κ2) is 4.71. The van der Waals surface area contributed by atoms with Gasteiger partial charge < -0.3 is 9.47 Å². The molecule has 16 heavy (non-hydrogen) atoms.